The Hall–Kier alpha value is -1.90. The van der Waals surface area contributed by atoms with E-state index in [1.54, 1.807) is 11.8 Å². The van der Waals surface area contributed by atoms with Crippen LogP contribution < -0.4 is 0 Å². The average molecular weight is 134 g/mol. The highest BCUT2D eigenvalue weighted by atomic mass is 19.1. The van der Waals surface area contributed by atoms with Crippen LogP contribution in [0.3, 0.4) is 0 Å². The molecule has 0 atom stereocenters. The molecule has 0 heterocycles. The summed E-state index contributed by atoms with van der Waals surface area (Å²) in [6.45, 7) is 0. The normalized spacial score (nSPS) is 3.80. The molecule has 0 spiro atoms. The fourth-order valence-electron chi connectivity index (χ4n) is 0.172. The van der Waals surface area contributed by atoms with Crippen molar-refractivity contribution >= 4 is 0 Å². The summed E-state index contributed by atoms with van der Waals surface area (Å²) in [4.78, 5) is 0. The molecule has 46 valence electrons. The van der Waals surface area contributed by atoms with Crippen LogP contribution in [0, 0.1) is 47.9 Å². The standard InChI is InChI=1S/C8F2/c9-7-5-3-1-2-4-6-8-10. The Labute approximate surface area is 57.6 Å². The van der Waals surface area contributed by atoms with E-state index in [9.17, 15) is 8.78 Å². The lowest BCUT2D eigenvalue weighted by Crippen LogP contribution is -1.51. The van der Waals surface area contributed by atoms with Gasteiger partial charge in [0, 0.05) is 35.5 Å². The van der Waals surface area contributed by atoms with E-state index in [-0.39, 0.29) is 0 Å². The van der Waals surface area contributed by atoms with Crippen LogP contribution in [0.2, 0.25) is 0 Å². The molecular formula is C8F2. The average Bonchev–Trinajstić information content (AvgIpc) is 1.97. The third kappa shape index (κ3) is 6.10. The first-order chi connectivity index (χ1) is 4.91. The molecular weight excluding hydrogens is 134 g/mol. The third-order valence-electron chi connectivity index (χ3n) is 0.407. The molecule has 0 saturated carbocycles. The first kappa shape index (κ1) is 8.10. The monoisotopic (exact) mass is 134 g/mol. The van der Waals surface area contributed by atoms with Crippen molar-refractivity contribution in [2.24, 2.45) is 0 Å². The Morgan fingerprint density at radius 1 is 0.500 bits per heavy atom. The largest absolute Gasteiger partial charge is 0.143 e. The molecule has 0 saturated heterocycles. The van der Waals surface area contributed by atoms with E-state index in [1.165, 1.54) is 0 Å². The van der Waals surface area contributed by atoms with Gasteiger partial charge in [-0.3, -0.25) is 0 Å². The number of halogens is 2. The summed E-state index contributed by atoms with van der Waals surface area (Å²) < 4.78 is 21.9. The second-order valence-corrected chi connectivity index (χ2v) is 0.939. The van der Waals surface area contributed by atoms with Crippen molar-refractivity contribution in [1.82, 2.24) is 0 Å². The van der Waals surface area contributed by atoms with Crippen molar-refractivity contribution in [3.63, 3.8) is 0 Å². The van der Waals surface area contributed by atoms with Gasteiger partial charge in [-0.2, -0.15) is 0 Å². The van der Waals surface area contributed by atoms with Crippen LogP contribution in [0.4, 0.5) is 8.78 Å². The summed E-state index contributed by atoms with van der Waals surface area (Å²) in [6.07, 6.45) is 2.11. The van der Waals surface area contributed by atoms with Gasteiger partial charge >= 0.3 is 0 Å². The van der Waals surface area contributed by atoms with Crippen LogP contribution in [-0.4, -0.2) is 0 Å². The van der Waals surface area contributed by atoms with Gasteiger partial charge in [-0.05, 0) is 0 Å². The Balaban J connectivity index is 3.94. The maximum atomic E-state index is 11.0. The highest BCUT2D eigenvalue weighted by molar-refractivity contribution is 5.38. The molecule has 0 amide bonds. The molecule has 2 heteroatoms. The van der Waals surface area contributed by atoms with Crippen molar-refractivity contribution in [3.05, 3.63) is 0 Å². The van der Waals surface area contributed by atoms with Gasteiger partial charge < -0.3 is 0 Å². The molecule has 0 aliphatic rings. The SMILES string of the molecule is FC#CC#CC#CC#CF. The second-order valence-electron chi connectivity index (χ2n) is 0.939. The minimum Gasteiger partial charge on any atom is -0.143 e. The zero-order chi connectivity index (χ0) is 7.66. The maximum Gasteiger partial charge on any atom is 0.119 e. The summed E-state index contributed by atoms with van der Waals surface area (Å²) in [6, 6.07) is 0. The Kier molecular flexibility index (Phi) is 5.75. The zero-order valence-electron chi connectivity index (χ0n) is 4.76. The lowest BCUT2D eigenvalue weighted by molar-refractivity contribution is 0.774. The van der Waals surface area contributed by atoms with Crippen molar-refractivity contribution in [2.45, 2.75) is 0 Å². The molecule has 0 aromatic carbocycles. The molecule has 0 fully saturated rings. The van der Waals surface area contributed by atoms with Crippen LogP contribution in [0.25, 0.3) is 0 Å². The van der Waals surface area contributed by atoms with Crippen molar-refractivity contribution in [2.75, 3.05) is 0 Å². The van der Waals surface area contributed by atoms with Gasteiger partial charge in [0.2, 0.25) is 0 Å². The van der Waals surface area contributed by atoms with E-state index in [0.717, 1.165) is 12.3 Å². The summed E-state index contributed by atoms with van der Waals surface area (Å²) in [7, 11) is 0. The molecule has 10 heavy (non-hydrogen) atoms. The van der Waals surface area contributed by atoms with Crippen LogP contribution in [-0.2, 0) is 0 Å². The molecule has 0 nitrogen and oxygen atoms in total. The van der Waals surface area contributed by atoms with E-state index in [2.05, 4.69) is 11.8 Å². The van der Waals surface area contributed by atoms with E-state index in [0.29, 0.717) is 0 Å². The molecule has 0 bridgehead atoms. The smallest absolute Gasteiger partial charge is 0.119 e. The number of hydrogen-bond acceptors (Lipinski definition) is 0. The van der Waals surface area contributed by atoms with Gasteiger partial charge in [0.25, 0.3) is 0 Å². The van der Waals surface area contributed by atoms with Gasteiger partial charge in [0.05, 0.1) is 0 Å². The highest BCUT2D eigenvalue weighted by Gasteiger charge is 1.54. The van der Waals surface area contributed by atoms with E-state index >= 15 is 0 Å². The quantitative estimate of drug-likeness (QED) is 0.431. The fraction of sp³-hybridized carbons (Fsp3) is 0. The van der Waals surface area contributed by atoms with E-state index in [4.69, 9.17) is 0 Å². The third-order valence-corrected chi connectivity index (χ3v) is 0.407. The van der Waals surface area contributed by atoms with E-state index < -0.39 is 0 Å². The van der Waals surface area contributed by atoms with Crippen LogP contribution in [0.5, 0.6) is 0 Å². The predicted octanol–water partition coefficient (Wildman–Crippen LogP) is 0.854. The van der Waals surface area contributed by atoms with Crippen molar-refractivity contribution in [1.29, 1.82) is 0 Å². The lowest BCUT2D eigenvalue weighted by atomic mass is 10.5. The zero-order valence-corrected chi connectivity index (χ0v) is 4.76. The molecule has 0 radical (unpaired) electrons. The van der Waals surface area contributed by atoms with Crippen LogP contribution in [0.1, 0.15) is 0 Å². The molecule has 0 aliphatic heterocycles. The second kappa shape index (κ2) is 7.10. The Bertz CT molecular complexity index is 286. The highest BCUT2D eigenvalue weighted by Crippen LogP contribution is 1.56. The minimum absolute atomic E-state index is 1.06. The molecule has 0 aromatic rings. The van der Waals surface area contributed by atoms with Crippen LogP contribution >= 0.6 is 0 Å². The molecule has 0 N–H and O–H groups in total. The topological polar surface area (TPSA) is 0 Å². The molecule has 0 aliphatic carbocycles. The van der Waals surface area contributed by atoms with Gasteiger partial charge in [0.15, 0.2) is 0 Å². The molecule has 0 rings (SSSR count). The van der Waals surface area contributed by atoms with E-state index in [1.807, 2.05) is 11.8 Å². The number of hydrogen-bond donors (Lipinski definition) is 0. The predicted molar refractivity (Wildman–Crippen MR) is 33.3 cm³/mol. The number of rotatable bonds is 0. The summed E-state index contributed by atoms with van der Waals surface area (Å²) in [5.41, 5.74) is 0. The van der Waals surface area contributed by atoms with Crippen LogP contribution in [0.15, 0.2) is 0 Å². The first-order valence-electron chi connectivity index (χ1n) is 2.13. The van der Waals surface area contributed by atoms with Gasteiger partial charge in [0.1, 0.15) is 12.3 Å². The van der Waals surface area contributed by atoms with Gasteiger partial charge in [-0.15, -0.1) is 8.78 Å². The maximum absolute atomic E-state index is 11.0. The first-order valence-corrected chi connectivity index (χ1v) is 2.13. The fourth-order valence-corrected chi connectivity index (χ4v) is 0.172. The molecule has 0 aromatic heterocycles. The van der Waals surface area contributed by atoms with Crippen molar-refractivity contribution < 1.29 is 8.78 Å². The summed E-state index contributed by atoms with van der Waals surface area (Å²) >= 11 is 0. The summed E-state index contributed by atoms with van der Waals surface area (Å²) in [5, 5.41) is 0. The minimum atomic E-state index is 1.06. The Morgan fingerprint density at radius 3 is 1.10 bits per heavy atom. The lowest BCUT2D eigenvalue weighted by Gasteiger charge is -1.51. The molecule has 0 unspecified atom stereocenters. The van der Waals surface area contributed by atoms with Crippen molar-refractivity contribution in [3.8, 4) is 47.9 Å². The summed E-state index contributed by atoms with van der Waals surface area (Å²) in [5.74, 6) is 11.9. The van der Waals surface area contributed by atoms with Gasteiger partial charge in [-0.1, -0.05) is 0 Å². The van der Waals surface area contributed by atoms with Gasteiger partial charge in [-0.25, -0.2) is 0 Å². The Morgan fingerprint density at radius 2 is 0.800 bits per heavy atom.